The molecule has 0 radical (unpaired) electrons. The molecule has 2 N–H and O–H groups in total. The van der Waals surface area contributed by atoms with Gasteiger partial charge >= 0.3 is 0 Å². The number of ether oxygens (including phenoxy) is 2. The summed E-state index contributed by atoms with van der Waals surface area (Å²) >= 11 is 2.85. The Bertz CT molecular complexity index is 1080. The van der Waals surface area contributed by atoms with Crippen LogP contribution in [0.4, 0.5) is 10.8 Å². The molecule has 3 heterocycles. The smallest absolute Gasteiger partial charge is 0.267 e. The van der Waals surface area contributed by atoms with Crippen molar-refractivity contribution in [2.75, 3.05) is 37.9 Å². The van der Waals surface area contributed by atoms with E-state index in [2.05, 4.69) is 20.5 Å². The number of rotatable bonds is 7. The number of benzene rings is 1. The van der Waals surface area contributed by atoms with Gasteiger partial charge in [0.25, 0.3) is 5.91 Å². The molecule has 0 bridgehead atoms. The molecule has 0 saturated carbocycles. The molecular formula is C21H22N4O4S2. The lowest BCUT2D eigenvalue weighted by Crippen LogP contribution is -2.36. The van der Waals surface area contributed by atoms with Crippen LogP contribution in [-0.4, -0.2) is 49.0 Å². The summed E-state index contributed by atoms with van der Waals surface area (Å²) in [7, 11) is 3.13. The molecule has 31 heavy (non-hydrogen) atoms. The maximum absolute atomic E-state index is 12.6. The van der Waals surface area contributed by atoms with Crippen molar-refractivity contribution in [3.63, 3.8) is 0 Å². The fourth-order valence-corrected chi connectivity index (χ4v) is 4.97. The molecule has 0 saturated heterocycles. The van der Waals surface area contributed by atoms with Crippen LogP contribution >= 0.6 is 22.7 Å². The molecule has 1 aromatic carbocycles. The summed E-state index contributed by atoms with van der Waals surface area (Å²) < 4.78 is 10.5. The van der Waals surface area contributed by atoms with Crippen molar-refractivity contribution in [3.8, 4) is 11.5 Å². The molecule has 0 spiro atoms. The topological polar surface area (TPSA) is 92.8 Å². The fraction of sp³-hybridized carbons (Fsp3) is 0.286. The number of hydrogen-bond donors (Lipinski definition) is 2. The Morgan fingerprint density at radius 3 is 2.81 bits per heavy atom. The maximum Gasteiger partial charge on any atom is 0.267 e. The third-order valence-electron chi connectivity index (χ3n) is 4.82. The van der Waals surface area contributed by atoms with Crippen LogP contribution in [0.3, 0.4) is 0 Å². The molecule has 0 atom stereocenters. The average molecular weight is 459 g/mol. The summed E-state index contributed by atoms with van der Waals surface area (Å²) in [6.45, 7) is 1.58. The summed E-state index contributed by atoms with van der Waals surface area (Å²) in [6, 6.07) is 8.89. The number of amides is 2. The van der Waals surface area contributed by atoms with E-state index < -0.39 is 0 Å². The number of fused-ring (bicyclic) bond motifs is 1. The first-order chi connectivity index (χ1) is 15.1. The lowest BCUT2D eigenvalue weighted by Gasteiger charge is -2.25. The Hall–Kier alpha value is -2.95. The summed E-state index contributed by atoms with van der Waals surface area (Å²) in [5, 5.41) is 8.23. The van der Waals surface area contributed by atoms with E-state index in [-0.39, 0.29) is 18.4 Å². The van der Waals surface area contributed by atoms with Crippen molar-refractivity contribution in [2.24, 2.45) is 0 Å². The van der Waals surface area contributed by atoms with Crippen molar-refractivity contribution >= 4 is 45.3 Å². The van der Waals surface area contributed by atoms with Gasteiger partial charge in [0, 0.05) is 30.5 Å². The Morgan fingerprint density at radius 2 is 2.06 bits per heavy atom. The van der Waals surface area contributed by atoms with Gasteiger partial charge in [-0.1, -0.05) is 6.07 Å². The lowest BCUT2D eigenvalue weighted by atomic mass is 10.2. The standard InChI is InChI=1S/C21H22N4O4S2/c1-28-13-5-6-16(29-2)15(10-13)22-19(26)12-25-8-7-14-18(11-25)31-21(23-14)24-20(27)17-4-3-9-30-17/h3-6,9-10H,7-8,11-12H2,1-2H3,(H,22,26)(H,23,24,27). The highest BCUT2D eigenvalue weighted by molar-refractivity contribution is 7.16. The molecule has 2 aromatic heterocycles. The summed E-state index contributed by atoms with van der Waals surface area (Å²) in [5.41, 5.74) is 1.55. The van der Waals surface area contributed by atoms with Crippen LogP contribution in [0, 0.1) is 0 Å². The van der Waals surface area contributed by atoms with E-state index in [4.69, 9.17) is 9.47 Å². The van der Waals surface area contributed by atoms with Gasteiger partial charge in [0.1, 0.15) is 11.5 Å². The average Bonchev–Trinajstić information content (AvgIpc) is 3.43. The number of nitrogens with one attached hydrogen (secondary N) is 2. The first-order valence-corrected chi connectivity index (χ1v) is 11.3. The number of methoxy groups -OCH3 is 2. The van der Waals surface area contributed by atoms with Gasteiger partial charge in [-0.25, -0.2) is 4.98 Å². The number of nitrogens with zero attached hydrogens (tertiary/aromatic N) is 2. The molecular weight excluding hydrogens is 436 g/mol. The largest absolute Gasteiger partial charge is 0.497 e. The van der Waals surface area contributed by atoms with Gasteiger partial charge in [-0.2, -0.15) is 0 Å². The van der Waals surface area contributed by atoms with E-state index in [9.17, 15) is 9.59 Å². The second kappa shape index (κ2) is 9.46. The highest BCUT2D eigenvalue weighted by atomic mass is 32.1. The zero-order valence-electron chi connectivity index (χ0n) is 17.1. The molecule has 1 aliphatic heterocycles. The zero-order valence-corrected chi connectivity index (χ0v) is 18.8. The van der Waals surface area contributed by atoms with Gasteiger partial charge in [-0.3, -0.25) is 19.8 Å². The third-order valence-corrected chi connectivity index (χ3v) is 6.69. The molecule has 0 unspecified atom stereocenters. The highest BCUT2D eigenvalue weighted by Gasteiger charge is 2.23. The maximum atomic E-state index is 12.6. The Kier molecular flexibility index (Phi) is 6.50. The van der Waals surface area contributed by atoms with Gasteiger partial charge in [0.2, 0.25) is 5.91 Å². The van der Waals surface area contributed by atoms with Crippen LogP contribution in [-0.2, 0) is 17.8 Å². The Balaban J connectivity index is 1.36. The van der Waals surface area contributed by atoms with E-state index in [0.29, 0.717) is 33.7 Å². The van der Waals surface area contributed by atoms with Crippen molar-refractivity contribution < 1.29 is 19.1 Å². The van der Waals surface area contributed by atoms with Crippen molar-refractivity contribution in [1.82, 2.24) is 9.88 Å². The number of anilines is 2. The van der Waals surface area contributed by atoms with Crippen LogP contribution in [0.25, 0.3) is 0 Å². The lowest BCUT2D eigenvalue weighted by molar-refractivity contribution is -0.117. The normalized spacial score (nSPS) is 13.4. The van der Waals surface area contributed by atoms with Crippen LogP contribution < -0.4 is 20.1 Å². The summed E-state index contributed by atoms with van der Waals surface area (Å²) in [6.07, 6.45) is 0.733. The SMILES string of the molecule is COc1ccc(OC)c(NC(=O)CN2CCc3nc(NC(=O)c4cccs4)sc3C2)c1. The van der Waals surface area contributed by atoms with E-state index in [1.54, 1.807) is 38.5 Å². The number of carbonyl (C=O) groups excluding carboxylic acids is 2. The molecule has 162 valence electrons. The van der Waals surface area contributed by atoms with Gasteiger partial charge in [-0.05, 0) is 23.6 Å². The van der Waals surface area contributed by atoms with E-state index in [1.807, 2.05) is 11.4 Å². The Morgan fingerprint density at radius 1 is 1.19 bits per heavy atom. The van der Waals surface area contributed by atoms with Gasteiger partial charge in [-0.15, -0.1) is 22.7 Å². The molecule has 4 rings (SSSR count). The van der Waals surface area contributed by atoms with Crippen LogP contribution in [0.1, 0.15) is 20.2 Å². The number of thiazole rings is 1. The summed E-state index contributed by atoms with van der Waals surface area (Å²) in [4.78, 5) is 33.2. The predicted octanol–water partition coefficient (Wildman–Crippen LogP) is 3.47. The molecule has 2 amide bonds. The monoisotopic (exact) mass is 458 g/mol. The molecule has 0 aliphatic carbocycles. The van der Waals surface area contributed by atoms with Crippen molar-refractivity contribution in [2.45, 2.75) is 13.0 Å². The van der Waals surface area contributed by atoms with Crippen LogP contribution in [0.5, 0.6) is 11.5 Å². The predicted molar refractivity (Wildman–Crippen MR) is 122 cm³/mol. The zero-order chi connectivity index (χ0) is 21.8. The van der Waals surface area contributed by atoms with E-state index in [1.165, 1.54) is 22.7 Å². The second-order valence-corrected chi connectivity index (χ2v) is 8.93. The first kappa shape index (κ1) is 21.3. The number of thiophene rings is 1. The molecule has 1 aliphatic rings. The van der Waals surface area contributed by atoms with Gasteiger partial charge in [0.05, 0.1) is 37.0 Å². The highest BCUT2D eigenvalue weighted by Crippen LogP contribution is 2.30. The van der Waals surface area contributed by atoms with Crippen molar-refractivity contribution in [1.29, 1.82) is 0 Å². The van der Waals surface area contributed by atoms with E-state index >= 15 is 0 Å². The minimum atomic E-state index is -0.149. The molecule has 10 heteroatoms. The van der Waals surface area contributed by atoms with Gasteiger partial charge in [0.15, 0.2) is 5.13 Å². The number of hydrogen-bond acceptors (Lipinski definition) is 8. The van der Waals surface area contributed by atoms with Gasteiger partial charge < -0.3 is 14.8 Å². The quantitative estimate of drug-likeness (QED) is 0.563. The minimum Gasteiger partial charge on any atom is -0.497 e. The molecule has 3 aromatic rings. The van der Waals surface area contributed by atoms with Crippen molar-refractivity contribution in [3.05, 3.63) is 51.2 Å². The second-order valence-electron chi connectivity index (χ2n) is 6.90. The molecule has 8 nitrogen and oxygen atoms in total. The fourth-order valence-electron chi connectivity index (χ4n) is 3.31. The Labute approximate surface area is 187 Å². The number of aromatic nitrogens is 1. The van der Waals surface area contributed by atoms with Crippen LogP contribution in [0.2, 0.25) is 0 Å². The first-order valence-electron chi connectivity index (χ1n) is 9.63. The van der Waals surface area contributed by atoms with E-state index in [0.717, 1.165) is 23.5 Å². The summed E-state index contributed by atoms with van der Waals surface area (Å²) in [5.74, 6) is 0.930. The van der Waals surface area contributed by atoms with Crippen LogP contribution in [0.15, 0.2) is 35.7 Å². The minimum absolute atomic E-state index is 0.134. The molecule has 0 fully saturated rings. The third kappa shape index (κ3) is 5.04. The number of carbonyl (C=O) groups is 2.